The van der Waals surface area contributed by atoms with Crippen LogP contribution < -0.4 is 0 Å². The quantitative estimate of drug-likeness (QED) is 0.673. The largest absolute Gasteiger partial charge is 0.303 e. The highest BCUT2D eigenvalue weighted by atomic mass is 79.9. The third-order valence-corrected chi connectivity index (χ3v) is 2.53. The summed E-state index contributed by atoms with van der Waals surface area (Å²) in [6.07, 6.45) is 2.03. The van der Waals surface area contributed by atoms with Gasteiger partial charge in [0.25, 0.3) is 0 Å². The predicted molar refractivity (Wildman–Crippen MR) is 52.4 cm³/mol. The molecule has 0 aromatic carbocycles. The van der Waals surface area contributed by atoms with Gasteiger partial charge < -0.3 is 4.40 Å². The maximum Gasteiger partial charge on any atom is 0.137 e. The highest BCUT2D eigenvalue weighted by Gasteiger charge is 2.02. The average Bonchev–Trinajstić information content (AvgIpc) is 2.31. The second kappa shape index (κ2) is 2.59. The lowest BCUT2D eigenvalue weighted by Crippen LogP contribution is -1.86. The van der Waals surface area contributed by atoms with E-state index in [-0.39, 0.29) is 0 Å². The molecule has 0 unspecified atom stereocenters. The molecule has 2 aromatic rings. The Balaban J connectivity index is 2.88. The van der Waals surface area contributed by atoms with E-state index in [1.54, 1.807) is 0 Å². The highest BCUT2D eigenvalue weighted by Crippen LogP contribution is 2.15. The molecule has 0 amide bonds. The van der Waals surface area contributed by atoms with Crippen LogP contribution in [0.2, 0.25) is 0 Å². The summed E-state index contributed by atoms with van der Waals surface area (Å²) in [7, 11) is 0. The first-order valence-corrected chi connectivity index (χ1v) is 4.58. The fourth-order valence-corrected chi connectivity index (χ4v) is 1.59. The van der Waals surface area contributed by atoms with Crippen LogP contribution in [0, 0.1) is 13.8 Å². The maximum atomic E-state index is 4.40. The van der Waals surface area contributed by atoms with Crippen molar-refractivity contribution in [1.29, 1.82) is 0 Å². The Hall–Kier alpha value is -0.830. The summed E-state index contributed by atoms with van der Waals surface area (Å²) in [5, 5.41) is 0. The van der Waals surface area contributed by atoms with Gasteiger partial charge in [0.15, 0.2) is 0 Å². The summed E-state index contributed by atoms with van der Waals surface area (Å²) >= 11 is 3.43. The van der Waals surface area contributed by atoms with E-state index in [2.05, 4.69) is 32.2 Å². The van der Waals surface area contributed by atoms with Gasteiger partial charge in [-0.25, -0.2) is 4.98 Å². The van der Waals surface area contributed by atoms with Crippen molar-refractivity contribution in [2.24, 2.45) is 0 Å². The minimum Gasteiger partial charge on any atom is -0.303 e. The van der Waals surface area contributed by atoms with Crippen molar-refractivity contribution in [2.75, 3.05) is 0 Å². The van der Waals surface area contributed by atoms with Crippen LogP contribution in [-0.2, 0) is 0 Å². The molecule has 0 saturated heterocycles. The van der Waals surface area contributed by atoms with Gasteiger partial charge >= 0.3 is 0 Å². The normalized spacial score (nSPS) is 10.9. The Morgan fingerprint density at radius 1 is 1.33 bits per heavy atom. The molecule has 0 bridgehead atoms. The summed E-state index contributed by atoms with van der Waals surface area (Å²) in [5.74, 6) is 0. The summed E-state index contributed by atoms with van der Waals surface area (Å²) in [6.45, 7) is 4.10. The number of aryl methyl sites for hydroxylation is 2. The van der Waals surface area contributed by atoms with Crippen molar-refractivity contribution in [2.45, 2.75) is 13.8 Å². The molecule has 0 aliphatic heterocycles. The van der Waals surface area contributed by atoms with Crippen LogP contribution in [0.3, 0.4) is 0 Å². The zero-order valence-electron chi connectivity index (χ0n) is 7.00. The van der Waals surface area contributed by atoms with Gasteiger partial charge in [-0.2, -0.15) is 0 Å². The van der Waals surface area contributed by atoms with Gasteiger partial charge in [0.05, 0.1) is 5.69 Å². The lowest BCUT2D eigenvalue weighted by molar-refractivity contribution is 1.09. The first kappa shape index (κ1) is 7.80. The molecule has 2 heterocycles. The van der Waals surface area contributed by atoms with Gasteiger partial charge in [0.1, 0.15) is 5.65 Å². The molecular weight excluding hydrogens is 216 g/mol. The standard InChI is InChI=1S/C9H9BrN2/c1-6-7(2)12-5-8(10)3-4-9(12)11-6/h3-5H,1-2H3. The molecule has 12 heavy (non-hydrogen) atoms. The van der Waals surface area contributed by atoms with Crippen molar-refractivity contribution in [3.63, 3.8) is 0 Å². The van der Waals surface area contributed by atoms with E-state index >= 15 is 0 Å². The summed E-state index contributed by atoms with van der Waals surface area (Å²) in [6, 6.07) is 4.01. The second-order valence-corrected chi connectivity index (χ2v) is 3.77. The molecular formula is C9H9BrN2. The number of aromatic nitrogens is 2. The van der Waals surface area contributed by atoms with Gasteiger partial charge in [0.2, 0.25) is 0 Å². The number of pyridine rings is 1. The number of imidazole rings is 1. The van der Waals surface area contributed by atoms with E-state index in [9.17, 15) is 0 Å². The van der Waals surface area contributed by atoms with Crippen LogP contribution in [0.5, 0.6) is 0 Å². The van der Waals surface area contributed by atoms with Gasteiger partial charge in [-0.1, -0.05) is 0 Å². The van der Waals surface area contributed by atoms with Crippen molar-refractivity contribution < 1.29 is 0 Å². The Morgan fingerprint density at radius 3 is 2.83 bits per heavy atom. The molecule has 0 fully saturated rings. The minimum absolute atomic E-state index is 1.01. The monoisotopic (exact) mass is 224 g/mol. The minimum atomic E-state index is 1.01. The zero-order valence-corrected chi connectivity index (χ0v) is 8.59. The van der Waals surface area contributed by atoms with Crippen LogP contribution in [0.15, 0.2) is 22.8 Å². The Bertz CT molecular complexity index is 431. The number of nitrogens with zero attached hydrogens (tertiary/aromatic N) is 2. The SMILES string of the molecule is Cc1nc2ccc(Br)cn2c1C. The topological polar surface area (TPSA) is 17.3 Å². The Morgan fingerprint density at radius 2 is 2.08 bits per heavy atom. The van der Waals surface area contributed by atoms with Crippen molar-refractivity contribution in [1.82, 2.24) is 9.38 Å². The highest BCUT2D eigenvalue weighted by molar-refractivity contribution is 9.10. The molecule has 0 N–H and O–H groups in total. The first-order chi connectivity index (χ1) is 5.68. The van der Waals surface area contributed by atoms with Crippen LogP contribution >= 0.6 is 15.9 Å². The van der Waals surface area contributed by atoms with Crippen molar-refractivity contribution in [3.05, 3.63) is 34.2 Å². The Labute approximate surface area is 79.4 Å². The maximum absolute atomic E-state index is 4.40. The molecule has 0 aliphatic rings. The molecule has 0 aliphatic carbocycles. The summed E-state index contributed by atoms with van der Waals surface area (Å²) < 4.78 is 3.16. The van der Waals surface area contributed by atoms with Gasteiger partial charge in [0, 0.05) is 16.4 Å². The molecule has 0 radical (unpaired) electrons. The average molecular weight is 225 g/mol. The van der Waals surface area contributed by atoms with Gasteiger partial charge in [-0.15, -0.1) is 0 Å². The number of hydrogen-bond acceptors (Lipinski definition) is 1. The molecule has 62 valence electrons. The van der Waals surface area contributed by atoms with Crippen molar-refractivity contribution >= 4 is 21.6 Å². The van der Waals surface area contributed by atoms with Gasteiger partial charge in [-0.05, 0) is 41.9 Å². The van der Waals surface area contributed by atoms with E-state index in [0.717, 1.165) is 15.8 Å². The molecule has 0 atom stereocenters. The van der Waals surface area contributed by atoms with Crippen molar-refractivity contribution in [3.8, 4) is 0 Å². The predicted octanol–water partition coefficient (Wildman–Crippen LogP) is 2.71. The second-order valence-electron chi connectivity index (χ2n) is 2.86. The Kier molecular flexibility index (Phi) is 1.68. The van der Waals surface area contributed by atoms with E-state index in [1.165, 1.54) is 5.69 Å². The van der Waals surface area contributed by atoms with E-state index in [0.29, 0.717) is 0 Å². The summed E-state index contributed by atoms with van der Waals surface area (Å²) in [5.41, 5.74) is 3.30. The smallest absolute Gasteiger partial charge is 0.137 e. The lowest BCUT2D eigenvalue weighted by Gasteiger charge is -1.96. The van der Waals surface area contributed by atoms with Crippen LogP contribution in [0.4, 0.5) is 0 Å². The molecule has 2 aromatic heterocycles. The molecule has 2 rings (SSSR count). The first-order valence-electron chi connectivity index (χ1n) is 3.79. The van der Waals surface area contributed by atoms with Crippen LogP contribution in [0.1, 0.15) is 11.4 Å². The van der Waals surface area contributed by atoms with E-state index in [4.69, 9.17) is 0 Å². The molecule has 3 heteroatoms. The molecule has 0 saturated carbocycles. The number of fused-ring (bicyclic) bond motifs is 1. The number of halogens is 1. The molecule has 2 nitrogen and oxygen atoms in total. The lowest BCUT2D eigenvalue weighted by atomic mass is 10.4. The summed E-state index contributed by atoms with van der Waals surface area (Å²) in [4.78, 5) is 4.40. The van der Waals surface area contributed by atoms with Crippen LogP contribution in [0.25, 0.3) is 5.65 Å². The number of hydrogen-bond donors (Lipinski definition) is 0. The van der Waals surface area contributed by atoms with E-state index in [1.807, 2.05) is 25.3 Å². The zero-order chi connectivity index (χ0) is 8.72. The fourth-order valence-electron chi connectivity index (χ4n) is 1.25. The third kappa shape index (κ3) is 1.05. The number of rotatable bonds is 0. The van der Waals surface area contributed by atoms with Gasteiger partial charge in [-0.3, -0.25) is 0 Å². The third-order valence-electron chi connectivity index (χ3n) is 2.06. The molecule has 0 spiro atoms. The van der Waals surface area contributed by atoms with E-state index < -0.39 is 0 Å². The van der Waals surface area contributed by atoms with Crippen LogP contribution in [-0.4, -0.2) is 9.38 Å². The fraction of sp³-hybridized carbons (Fsp3) is 0.222.